The van der Waals surface area contributed by atoms with Crippen LogP contribution in [-0.4, -0.2) is 23.4 Å². The van der Waals surface area contributed by atoms with E-state index in [9.17, 15) is 9.18 Å². The molecule has 1 aliphatic rings. The van der Waals surface area contributed by atoms with E-state index in [-0.39, 0.29) is 17.2 Å². The molecular formula is C16H13FO3S. The van der Waals surface area contributed by atoms with Gasteiger partial charge in [0, 0.05) is 22.6 Å². The van der Waals surface area contributed by atoms with Gasteiger partial charge in [0.05, 0.1) is 12.2 Å². The number of fused-ring (bicyclic) bond motifs is 1. The van der Waals surface area contributed by atoms with Gasteiger partial charge in [-0.2, -0.15) is 0 Å². The van der Waals surface area contributed by atoms with Gasteiger partial charge in [0.1, 0.15) is 11.6 Å². The topological polar surface area (TPSA) is 46.5 Å². The third-order valence-electron chi connectivity index (χ3n) is 3.37. The molecule has 0 radical (unpaired) electrons. The molecule has 1 N–H and O–H groups in total. The van der Waals surface area contributed by atoms with E-state index >= 15 is 0 Å². The summed E-state index contributed by atoms with van der Waals surface area (Å²) in [6, 6.07) is 11.7. The van der Waals surface area contributed by atoms with Crippen molar-refractivity contribution in [2.45, 2.75) is 10.8 Å². The van der Waals surface area contributed by atoms with Crippen LogP contribution < -0.4 is 4.74 Å². The van der Waals surface area contributed by atoms with E-state index in [0.717, 1.165) is 11.8 Å². The SMILES string of the molecule is O=C(O)c1cc(F)cc(OCC2CSc3ccccc32)c1. The maximum atomic E-state index is 13.4. The Bertz CT molecular complexity index is 687. The van der Waals surface area contributed by atoms with Crippen molar-refractivity contribution < 1.29 is 19.0 Å². The fourth-order valence-electron chi connectivity index (χ4n) is 2.33. The molecule has 0 spiro atoms. The molecule has 3 nitrogen and oxygen atoms in total. The summed E-state index contributed by atoms with van der Waals surface area (Å²) < 4.78 is 19.0. The number of benzene rings is 2. The number of aromatic carboxylic acids is 1. The molecule has 0 aliphatic carbocycles. The van der Waals surface area contributed by atoms with Crippen LogP contribution >= 0.6 is 11.8 Å². The maximum absolute atomic E-state index is 13.4. The Morgan fingerprint density at radius 3 is 2.95 bits per heavy atom. The first kappa shape index (κ1) is 13.9. The number of carboxylic acids is 1. The Labute approximate surface area is 125 Å². The zero-order chi connectivity index (χ0) is 14.8. The van der Waals surface area contributed by atoms with E-state index in [1.165, 1.54) is 22.6 Å². The quantitative estimate of drug-likeness (QED) is 0.933. The van der Waals surface area contributed by atoms with Gasteiger partial charge in [0.15, 0.2) is 0 Å². The summed E-state index contributed by atoms with van der Waals surface area (Å²) in [6.45, 7) is 0.409. The van der Waals surface area contributed by atoms with Crippen LogP contribution in [0.1, 0.15) is 21.8 Å². The van der Waals surface area contributed by atoms with Gasteiger partial charge < -0.3 is 9.84 Å². The number of halogens is 1. The number of hydrogen-bond acceptors (Lipinski definition) is 3. The van der Waals surface area contributed by atoms with Crippen LogP contribution in [-0.2, 0) is 0 Å². The molecule has 108 valence electrons. The first-order valence-electron chi connectivity index (χ1n) is 6.52. The highest BCUT2D eigenvalue weighted by atomic mass is 32.2. The van der Waals surface area contributed by atoms with Gasteiger partial charge >= 0.3 is 5.97 Å². The molecule has 3 rings (SSSR count). The van der Waals surface area contributed by atoms with E-state index in [0.29, 0.717) is 6.61 Å². The molecule has 0 aromatic heterocycles. The molecule has 2 aromatic rings. The number of hydrogen-bond donors (Lipinski definition) is 1. The fraction of sp³-hybridized carbons (Fsp3) is 0.188. The van der Waals surface area contributed by atoms with Crippen LogP contribution in [0.5, 0.6) is 5.75 Å². The van der Waals surface area contributed by atoms with Crippen molar-refractivity contribution in [3.63, 3.8) is 0 Å². The van der Waals surface area contributed by atoms with Crippen LogP contribution in [0.15, 0.2) is 47.4 Å². The summed E-state index contributed by atoms with van der Waals surface area (Å²) >= 11 is 1.77. The number of carbonyl (C=O) groups is 1. The average molecular weight is 304 g/mol. The van der Waals surface area contributed by atoms with Gasteiger partial charge in [0.25, 0.3) is 0 Å². The lowest BCUT2D eigenvalue weighted by atomic mass is 10.0. The van der Waals surface area contributed by atoms with Crippen LogP contribution in [0.3, 0.4) is 0 Å². The molecule has 21 heavy (non-hydrogen) atoms. The first-order chi connectivity index (χ1) is 10.1. The van der Waals surface area contributed by atoms with E-state index < -0.39 is 11.8 Å². The van der Waals surface area contributed by atoms with E-state index in [1.54, 1.807) is 11.8 Å². The van der Waals surface area contributed by atoms with Crippen molar-refractivity contribution in [3.8, 4) is 5.75 Å². The predicted octanol–water partition coefficient (Wildman–Crippen LogP) is 3.79. The van der Waals surface area contributed by atoms with Crippen molar-refractivity contribution in [3.05, 3.63) is 59.4 Å². The van der Waals surface area contributed by atoms with Gasteiger partial charge in [-0.1, -0.05) is 18.2 Å². The molecule has 1 heterocycles. The molecule has 0 amide bonds. The second-order valence-corrected chi connectivity index (χ2v) is 5.90. The number of rotatable bonds is 4. The predicted molar refractivity (Wildman–Crippen MR) is 78.8 cm³/mol. The van der Waals surface area contributed by atoms with Gasteiger partial charge in [-0.3, -0.25) is 0 Å². The highest BCUT2D eigenvalue weighted by molar-refractivity contribution is 7.99. The summed E-state index contributed by atoms with van der Waals surface area (Å²) in [5.41, 5.74) is 1.13. The van der Waals surface area contributed by atoms with E-state index in [1.807, 2.05) is 12.1 Å². The molecule has 5 heteroatoms. The lowest BCUT2D eigenvalue weighted by Gasteiger charge is -2.13. The summed E-state index contributed by atoms with van der Waals surface area (Å²) in [7, 11) is 0. The summed E-state index contributed by atoms with van der Waals surface area (Å²) in [5.74, 6) is -0.364. The Hall–Kier alpha value is -2.01. The molecular weight excluding hydrogens is 291 g/mol. The molecule has 2 aromatic carbocycles. The maximum Gasteiger partial charge on any atom is 0.335 e. The number of carboxylic acid groups (broad SMARTS) is 1. The highest BCUT2D eigenvalue weighted by Gasteiger charge is 2.23. The Morgan fingerprint density at radius 1 is 1.33 bits per heavy atom. The smallest absolute Gasteiger partial charge is 0.335 e. The summed E-state index contributed by atoms with van der Waals surface area (Å²) in [5, 5.41) is 8.92. The van der Waals surface area contributed by atoms with Crippen molar-refractivity contribution in [2.24, 2.45) is 0 Å². The highest BCUT2D eigenvalue weighted by Crippen LogP contribution is 2.39. The summed E-state index contributed by atoms with van der Waals surface area (Å²) in [4.78, 5) is 12.2. The second-order valence-electron chi connectivity index (χ2n) is 4.84. The third kappa shape index (κ3) is 3.03. The molecule has 0 fully saturated rings. The Balaban J connectivity index is 1.73. The largest absolute Gasteiger partial charge is 0.493 e. The minimum atomic E-state index is -1.17. The first-order valence-corrected chi connectivity index (χ1v) is 7.50. The molecule has 0 saturated carbocycles. The van der Waals surface area contributed by atoms with E-state index in [2.05, 4.69) is 12.1 Å². The normalized spacial score (nSPS) is 16.5. The van der Waals surface area contributed by atoms with Crippen molar-refractivity contribution >= 4 is 17.7 Å². The van der Waals surface area contributed by atoms with Crippen molar-refractivity contribution in [2.75, 3.05) is 12.4 Å². The Kier molecular flexibility index (Phi) is 3.84. The van der Waals surface area contributed by atoms with Crippen LogP contribution in [0.2, 0.25) is 0 Å². The standard InChI is InChI=1S/C16H13FO3S/c17-12-5-10(16(18)19)6-13(7-12)20-8-11-9-21-15-4-2-1-3-14(11)15/h1-7,11H,8-9H2,(H,18,19). The lowest BCUT2D eigenvalue weighted by molar-refractivity contribution is 0.0695. The van der Waals surface area contributed by atoms with Gasteiger partial charge in [-0.05, 0) is 23.8 Å². The minimum absolute atomic E-state index is 0.105. The van der Waals surface area contributed by atoms with Gasteiger partial charge in [-0.15, -0.1) is 11.8 Å². The van der Waals surface area contributed by atoms with Gasteiger partial charge in [0.2, 0.25) is 0 Å². The minimum Gasteiger partial charge on any atom is -0.493 e. The number of ether oxygens (including phenoxy) is 1. The zero-order valence-corrected chi connectivity index (χ0v) is 11.9. The number of thioether (sulfide) groups is 1. The van der Waals surface area contributed by atoms with Crippen LogP contribution in [0.4, 0.5) is 4.39 Å². The van der Waals surface area contributed by atoms with Crippen LogP contribution in [0, 0.1) is 5.82 Å². The second kappa shape index (κ2) is 5.77. The summed E-state index contributed by atoms with van der Waals surface area (Å²) in [6.07, 6.45) is 0. The van der Waals surface area contributed by atoms with Crippen LogP contribution in [0.25, 0.3) is 0 Å². The molecule has 1 atom stereocenters. The zero-order valence-electron chi connectivity index (χ0n) is 11.1. The molecule has 1 aliphatic heterocycles. The lowest BCUT2D eigenvalue weighted by Crippen LogP contribution is -2.10. The van der Waals surface area contributed by atoms with E-state index in [4.69, 9.17) is 9.84 Å². The third-order valence-corrected chi connectivity index (χ3v) is 4.62. The molecule has 0 saturated heterocycles. The molecule has 1 unspecified atom stereocenters. The van der Waals surface area contributed by atoms with Crippen molar-refractivity contribution in [1.82, 2.24) is 0 Å². The average Bonchev–Trinajstić information content (AvgIpc) is 2.88. The monoisotopic (exact) mass is 304 g/mol. The van der Waals surface area contributed by atoms with Gasteiger partial charge in [-0.25, -0.2) is 9.18 Å². The van der Waals surface area contributed by atoms with Crippen molar-refractivity contribution in [1.29, 1.82) is 0 Å². The molecule has 0 bridgehead atoms. The Morgan fingerprint density at radius 2 is 2.14 bits per heavy atom. The fourth-order valence-corrected chi connectivity index (χ4v) is 3.57.